The molecule has 1 amide bonds. The zero-order valence-electron chi connectivity index (χ0n) is 21.6. The summed E-state index contributed by atoms with van der Waals surface area (Å²) >= 11 is 0. The number of hydrogen-bond acceptors (Lipinski definition) is 7. The largest absolute Gasteiger partial charge is 0.448 e. The van der Waals surface area contributed by atoms with Gasteiger partial charge in [0.05, 0.1) is 11.1 Å². The molecule has 2 saturated heterocycles. The van der Waals surface area contributed by atoms with Gasteiger partial charge in [0, 0.05) is 91.8 Å². The zero-order chi connectivity index (χ0) is 27.0. The van der Waals surface area contributed by atoms with E-state index >= 15 is 0 Å². The van der Waals surface area contributed by atoms with E-state index in [1.165, 1.54) is 6.07 Å². The van der Waals surface area contributed by atoms with Crippen molar-refractivity contribution in [2.75, 3.05) is 80.8 Å². The van der Waals surface area contributed by atoms with Crippen LogP contribution < -0.4 is 20.5 Å². The summed E-state index contributed by atoms with van der Waals surface area (Å²) in [6.07, 6.45) is 1.66. The van der Waals surface area contributed by atoms with E-state index in [0.717, 1.165) is 44.0 Å². The highest BCUT2D eigenvalue weighted by Crippen LogP contribution is 2.29. The molecule has 0 radical (unpaired) electrons. The Morgan fingerprint density at radius 1 is 0.974 bits per heavy atom. The van der Waals surface area contributed by atoms with Crippen LogP contribution in [0.1, 0.15) is 10.6 Å². The van der Waals surface area contributed by atoms with E-state index in [1.54, 1.807) is 18.4 Å². The van der Waals surface area contributed by atoms with Gasteiger partial charge in [-0.15, -0.1) is 0 Å². The SMILES string of the molecule is C=S(C)(=O)N1CCN(c2ccc(NC(=O)c3cc(=O)c4cc(F)cc(N5CCN(C)CC5)c4o3)cc2)CC1. The van der Waals surface area contributed by atoms with Crippen molar-refractivity contribution in [3.8, 4) is 0 Å². The number of likely N-dealkylation sites (N-methyl/N-ethyl adjacent to an activating group) is 1. The summed E-state index contributed by atoms with van der Waals surface area (Å²) in [6.45, 7) is 5.68. The molecule has 3 aromatic rings. The summed E-state index contributed by atoms with van der Waals surface area (Å²) in [6, 6.07) is 11.0. The van der Waals surface area contributed by atoms with Crippen LogP contribution in [0.15, 0.2) is 51.7 Å². The summed E-state index contributed by atoms with van der Waals surface area (Å²) in [5.41, 5.74) is 1.75. The Balaban J connectivity index is 1.33. The first-order valence-corrected chi connectivity index (χ1v) is 14.6. The predicted molar refractivity (Wildman–Crippen MR) is 152 cm³/mol. The molecule has 0 bridgehead atoms. The molecule has 2 fully saturated rings. The van der Waals surface area contributed by atoms with Crippen LogP contribution in [0.2, 0.25) is 0 Å². The van der Waals surface area contributed by atoms with Crippen molar-refractivity contribution >= 4 is 49.5 Å². The molecule has 11 heteroatoms. The fourth-order valence-electron chi connectivity index (χ4n) is 4.88. The van der Waals surface area contributed by atoms with Crippen molar-refractivity contribution in [2.24, 2.45) is 0 Å². The fourth-order valence-corrected chi connectivity index (χ4v) is 5.82. The smallest absolute Gasteiger partial charge is 0.291 e. The van der Waals surface area contributed by atoms with Gasteiger partial charge in [-0.3, -0.25) is 13.8 Å². The molecule has 1 aromatic heterocycles. The molecule has 0 saturated carbocycles. The maximum atomic E-state index is 14.4. The van der Waals surface area contributed by atoms with Crippen molar-refractivity contribution in [3.05, 3.63) is 64.3 Å². The lowest BCUT2D eigenvalue weighted by atomic mass is 10.1. The second-order valence-electron chi connectivity index (χ2n) is 9.94. The van der Waals surface area contributed by atoms with Crippen molar-refractivity contribution in [1.29, 1.82) is 0 Å². The van der Waals surface area contributed by atoms with Crippen LogP contribution in [-0.2, 0) is 9.71 Å². The number of nitrogens with zero attached hydrogens (tertiary/aromatic N) is 4. The van der Waals surface area contributed by atoms with Crippen LogP contribution >= 0.6 is 0 Å². The van der Waals surface area contributed by atoms with E-state index in [1.807, 2.05) is 28.4 Å². The van der Waals surface area contributed by atoms with Crippen LogP contribution in [0, 0.1) is 5.82 Å². The molecule has 0 aliphatic carbocycles. The predicted octanol–water partition coefficient (Wildman–Crippen LogP) is 2.32. The number of anilines is 3. The third kappa shape index (κ3) is 5.54. The molecule has 1 unspecified atom stereocenters. The minimum absolute atomic E-state index is 0.109. The molecule has 0 spiro atoms. The molecule has 5 rings (SSSR count). The maximum Gasteiger partial charge on any atom is 0.291 e. The molecule has 1 N–H and O–H groups in total. The number of carbonyl (C=O) groups excluding carboxylic acids is 1. The Kier molecular flexibility index (Phi) is 7.17. The summed E-state index contributed by atoms with van der Waals surface area (Å²) in [5, 5.41) is 2.89. The van der Waals surface area contributed by atoms with Crippen molar-refractivity contribution in [1.82, 2.24) is 9.21 Å². The van der Waals surface area contributed by atoms with Crippen LogP contribution in [0.4, 0.5) is 21.5 Å². The van der Waals surface area contributed by atoms with E-state index in [-0.39, 0.29) is 16.7 Å². The van der Waals surface area contributed by atoms with Gasteiger partial charge in [-0.25, -0.2) is 8.70 Å². The highest BCUT2D eigenvalue weighted by atomic mass is 32.2. The second kappa shape index (κ2) is 10.4. The summed E-state index contributed by atoms with van der Waals surface area (Å²) in [4.78, 5) is 32.2. The zero-order valence-corrected chi connectivity index (χ0v) is 22.4. The fraction of sp³-hybridized carbons (Fsp3) is 0.370. The highest BCUT2D eigenvalue weighted by Gasteiger charge is 2.23. The number of carbonyl (C=O) groups is 1. The standard InChI is InChI=1S/C27H32FN5O4S/c1-30-8-10-32(11-9-30)23-17-19(28)16-22-24(34)18-25(37-26(22)23)27(35)29-20-4-6-21(7-5-20)31-12-14-33(15-13-31)38(2,3)36/h4-7,16-18H,2,8-15H2,1,3H3,(H,29,35). The minimum atomic E-state index is -2.20. The van der Waals surface area contributed by atoms with Gasteiger partial charge < -0.3 is 24.4 Å². The van der Waals surface area contributed by atoms with E-state index in [4.69, 9.17) is 4.42 Å². The minimum Gasteiger partial charge on any atom is -0.448 e. The second-order valence-corrected chi connectivity index (χ2v) is 12.4. The van der Waals surface area contributed by atoms with Gasteiger partial charge in [0.1, 0.15) is 5.82 Å². The first-order valence-electron chi connectivity index (χ1n) is 12.5. The Morgan fingerprint density at radius 3 is 2.24 bits per heavy atom. The Morgan fingerprint density at radius 2 is 1.61 bits per heavy atom. The monoisotopic (exact) mass is 541 g/mol. The number of rotatable bonds is 5. The third-order valence-electron chi connectivity index (χ3n) is 7.12. The van der Waals surface area contributed by atoms with E-state index in [2.05, 4.69) is 21.0 Å². The Hall–Kier alpha value is -3.41. The number of hydrogen-bond donors (Lipinski definition) is 1. The number of benzene rings is 2. The molecular weight excluding hydrogens is 509 g/mol. The highest BCUT2D eigenvalue weighted by molar-refractivity contribution is 7.97. The average Bonchev–Trinajstić information content (AvgIpc) is 2.89. The maximum absolute atomic E-state index is 14.4. The van der Waals surface area contributed by atoms with Crippen LogP contribution in [0.3, 0.4) is 0 Å². The molecule has 38 heavy (non-hydrogen) atoms. The number of halogens is 1. The van der Waals surface area contributed by atoms with E-state index < -0.39 is 26.9 Å². The Bertz CT molecular complexity index is 1510. The van der Waals surface area contributed by atoms with Gasteiger partial charge in [0.25, 0.3) is 5.91 Å². The van der Waals surface area contributed by atoms with Crippen LogP contribution in [0.25, 0.3) is 11.0 Å². The van der Waals surface area contributed by atoms with Gasteiger partial charge in [-0.2, -0.15) is 0 Å². The quantitative estimate of drug-likeness (QED) is 0.496. The van der Waals surface area contributed by atoms with Crippen LogP contribution in [-0.4, -0.2) is 90.9 Å². The van der Waals surface area contributed by atoms with Gasteiger partial charge in [-0.1, -0.05) is 0 Å². The van der Waals surface area contributed by atoms with Gasteiger partial charge in [-0.05, 0) is 43.2 Å². The summed E-state index contributed by atoms with van der Waals surface area (Å²) in [5.74, 6) is 2.54. The number of piperazine rings is 2. The first-order chi connectivity index (χ1) is 18.1. The molecule has 1 atom stereocenters. The molecule has 9 nitrogen and oxygen atoms in total. The number of nitrogens with one attached hydrogen (secondary N) is 1. The first kappa shape index (κ1) is 26.2. The molecule has 2 aliphatic rings. The average molecular weight is 542 g/mol. The van der Waals surface area contributed by atoms with Crippen molar-refractivity contribution < 1.29 is 17.8 Å². The lowest BCUT2D eigenvalue weighted by molar-refractivity contribution is 0.0997. The van der Waals surface area contributed by atoms with Crippen molar-refractivity contribution in [3.63, 3.8) is 0 Å². The molecular formula is C27H32FN5O4S. The van der Waals surface area contributed by atoms with Crippen molar-refractivity contribution in [2.45, 2.75) is 0 Å². The van der Waals surface area contributed by atoms with Gasteiger partial charge >= 0.3 is 0 Å². The summed E-state index contributed by atoms with van der Waals surface area (Å²) in [7, 11) is -0.186. The molecule has 2 aliphatic heterocycles. The summed E-state index contributed by atoms with van der Waals surface area (Å²) < 4.78 is 34.4. The number of fused-ring (bicyclic) bond motifs is 1. The van der Waals surface area contributed by atoms with E-state index in [0.29, 0.717) is 37.6 Å². The number of amides is 1. The lowest BCUT2D eigenvalue weighted by Gasteiger charge is -2.36. The normalized spacial score (nSPS) is 18.9. The van der Waals surface area contributed by atoms with Gasteiger partial charge in [0.15, 0.2) is 16.8 Å². The molecule has 3 heterocycles. The van der Waals surface area contributed by atoms with Gasteiger partial charge in [0.2, 0.25) is 0 Å². The molecule has 2 aromatic carbocycles. The topological polar surface area (TPSA) is 89.3 Å². The lowest BCUT2D eigenvalue weighted by Crippen LogP contribution is -2.48. The van der Waals surface area contributed by atoms with Crippen LogP contribution in [0.5, 0.6) is 0 Å². The Labute approximate surface area is 221 Å². The third-order valence-corrected chi connectivity index (χ3v) is 8.57. The van der Waals surface area contributed by atoms with E-state index in [9.17, 15) is 18.2 Å². The molecule has 202 valence electrons.